The van der Waals surface area contributed by atoms with Crippen molar-refractivity contribution < 1.29 is 13.2 Å². The summed E-state index contributed by atoms with van der Waals surface area (Å²) in [4.78, 5) is 14.6. The molecule has 0 N–H and O–H groups in total. The van der Waals surface area contributed by atoms with Gasteiger partial charge in [0.15, 0.2) is 9.84 Å². The molecule has 1 aliphatic heterocycles. The second-order valence-electron chi connectivity index (χ2n) is 6.17. The molecule has 3 rings (SSSR count). The molecular formula is C13H21N5O3S2. The molecule has 8 nitrogen and oxygen atoms in total. The topological polar surface area (TPSA) is 98.1 Å². The predicted octanol–water partition coefficient (Wildman–Crippen LogP) is 0.260. The van der Waals surface area contributed by atoms with Gasteiger partial charge >= 0.3 is 0 Å². The monoisotopic (exact) mass is 359 g/mol. The third-order valence-corrected chi connectivity index (χ3v) is 7.26. The number of nitrogens with zero attached hydrogens (tertiary/aromatic N) is 5. The third kappa shape index (κ3) is 3.85. The average Bonchev–Trinajstić information content (AvgIpc) is 3.20. The van der Waals surface area contributed by atoms with Crippen LogP contribution in [0, 0.1) is 0 Å². The van der Waals surface area contributed by atoms with Gasteiger partial charge in [-0.15, -0.1) is 5.10 Å². The van der Waals surface area contributed by atoms with Crippen LogP contribution in [0.5, 0.6) is 0 Å². The molecule has 1 amide bonds. The fourth-order valence-corrected chi connectivity index (χ4v) is 5.86. The van der Waals surface area contributed by atoms with Crippen molar-refractivity contribution in [3.8, 4) is 0 Å². The second-order valence-corrected chi connectivity index (χ2v) is 9.34. The minimum Gasteiger partial charge on any atom is -0.335 e. The van der Waals surface area contributed by atoms with Crippen molar-refractivity contribution in [2.45, 2.75) is 49.3 Å². The van der Waals surface area contributed by atoms with Gasteiger partial charge in [-0.05, 0) is 29.7 Å². The van der Waals surface area contributed by atoms with E-state index in [1.165, 1.54) is 16.4 Å². The van der Waals surface area contributed by atoms with E-state index in [9.17, 15) is 13.2 Å². The van der Waals surface area contributed by atoms with Crippen LogP contribution in [-0.2, 0) is 21.7 Å². The van der Waals surface area contributed by atoms with Crippen molar-refractivity contribution in [2.75, 3.05) is 17.3 Å². The Kier molecular flexibility index (Phi) is 4.90. The maximum Gasteiger partial charge on any atom is 0.233 e. The van der Waals surface area contributed by atoms with Gasteiger partial charge in [-0.3, -0.25) is 4.79 Å². The lowest BCUT2D eigenvalue weighted by Crippen LogP contribution is -2.47. The summed E-state index contributed by atoms with van der Waals surface area (Å²) in [6, 6.07) is 0.00726. The highest BCUT2D eigenvalue weighted by Gasteiger charge is 2.38. The Bertz CT molecular complexity index is 669. The van der Waals surface area contributed by atoms with Gasteiger partial charge in [0.05, 0.1) is 17.3 Å². The van der Waals surface area contributed by atoms with Gasteiger partial charge in [0.25, 0.3) is 0 Å². The highest BCUT2D eigenvalue weighted by molar-refractivity contribution is 7.99. The molecule has 0 radical (unpaired) electrons. The zero-order valence-electron chi connectivity index (χ0n) is 13.1. The molecule has 1 aromatic rings. The molecule has 0 bridgehead atoms. The van der Waals surface area contributed by atoms with Crippen molar-refractivity contribution >= 4 is 27.5 Å². The van der Waals surface area contributed by atoms with Crippen molar-refractivity contribution in [2.24, 2.45) is 7.05 Å². The molecule has 23 heavy (non-hydrogen) atoms. The minimum atomic E-state index is -3.01. The van der Waals surface area contributed by atoms with Crippen LogP contribution in [-0.4, -0.2) is 68.8 Å². The minimum absolute atomic E-state index is 0.00741. The van der Waals surface area contributed by atoms with E-state index in [1.54, 1.807) is 7.05 Å². The van der Waals surface area contributed by atoms with Gasteiger partial charge in [0, 0.05) is 19.1 Å². The van der Waals surface area contributed by atoms with E-state index in [-0.39, 0.29) is 35.2 Å². The molecule has 10 heteroatoms. The van der Waals surface area contributed by atoms with E-state index in [4.69, 9.17) is 0 Å². The van der Waals surface area contributed by atoms with Crippen LogP contribution >= 0.6 is 11.8 Å². The van der Waals surface area contributed by atoms with Crippen LogP contribution in [0.4, 0.5) is 0 Å². The van der Waals surface area contributed by atoms with Gasteiger partial charge in [-0.2, -0.15) is 0 Å². The first-order valence-corrected chi connectivity index (χ1v) is 10.6. The van der Waals surface area contributed by atoms with Gasteiger partial charge in [0.1, 0.15) is 0 Å². The Balaban J connectivity index is 1.69. The Morgan fingerprint density at radius 1 is 1.30 bits per heavy atom. The highest BCUT2D eigenvalue weighted by Crippen LogP contribution is 2.30. The summed E-state index contributed by atoms with van der Waals surface area (Å²) in [6.45, 7) is 0. The molecule has 0 spiro atoms. The van der Waals surface area contributed by atoms with Crippen LogP contribution in [0.2, 0.25) is 0 Å². The Morgan fingerprint density at radius 3 is 2.61 bits per heavy atom. The first-order valence-electron chi connectivity index (χ1n) is 7.83. The largest absolute Gasteiger partial charge is 0.335 e. The quantitative estimate of drug-likeness (QED) is 0.696. The number of thioether (sulfide) groups is 1. The predicted molar refractivity (Wildman–Crippen MR) is 85.7 cm³/mol. The van der Waals surface area contributed by atoms with Crippen LogP contribution < -0.4 is 0 Å². The van der Waals surface area contributed by atoms with E-state index in [0.29, 0.717) is 11.6 Å². The Morgan fingerprint density at radius 2 is 2.04 bits per heavy atom. The fraction of sp³-hybridized carbons (Fsp3) is 0.846. The zero-order chi connectivity index (χ0) is 16.4. The first kappa shape index (κ1) is 16.7. The summed E-state index contributed by atoms with van der Waals surface area (Å²) in [6.07, 6.45) is 4.71. The zero-order valence-corrected chi connectivity index (χ0v) is 14.7. The van der Waals surface area contributed by atoms with Crippen molar-refractivity contribution in [3.05, 3.63) is 0 Å². The second kappa shape index (κ2) is 6.76. The lowest BCUT2D eigenvalue weighted by Gasteiger charge is -2.34. The van der Waals surface area contributed by atoms with Crippen LogP contribution in [0.25, 0.3) is 0 Å². The molecule has 1 aromatic heterocycles. The molecule has 2 aliphatic rings. The number of rotatable bonds is 5. The number of tetrazole rings is 1. The van der Waals surface area contributed by atoms with Crippen molar-refractivity contribution in [1.82, 2.24) is 25.1 Å². The number of sulfone groups is 1. The molecule has 1 saturated heterocycles. The smallest absolute Gasteiger partial charge is 0.233 e. The van der Waals surface area contributed by atoms with Crippen LogP contribution in [0.1, 0.15) is 32.1 Å². The maximum atomic E-state index is 12.8. The molecule has 128 valence electrons. The van der Waals surface area contributed by atoms with E-state index in [2.05, 4.69) is 15.5 Å². The Hall–Kier alpha value is -1.16. The number of hydrogen-bond donors (Lipinski definition) is 0. The number of aryl methyl sites for hydroxylation is 1. The number of aromatic nitrogens is 4. The molecule has 1 atom stereocenters. The SMILES string of the molecule is Cn1nnnc1SCC(=O)N(C1CCCC1)[C@@H]1CCS(=O)(=O)C1. The average molecular weight is 359 g/mol. The molecule has 1 saturated carbocycles. The Labute approximate surface area is 139 Å². The molecule has 1 aliphatic carbocycles. The van der Waals surface area contributed by atoms with Crippen LogP contribution in [0.3, 0.4) is 0 Å². The summed E-state index contributed by atoms with van der Waals surface area (Å²) in [5.41, 5.74) is 0. The summed E-state index contributed by atoms with van der Waals surface area (Å²) < 4.78 is 25.1. The van der Waals surface area contributed by atoms with Gasteiger partial charge < -0.3 is 4.90 Å². The summed E-state index contributed by atoms with van der Waals surface area (Å²) in [5, 5.41) is 11.8. The molecule has 2 fully saturated rings. The van der Waals surface area contributed by atoms with Gasteiger partial charge in [0.2, 0.25) is 11.1 Å². The summed E-state index contributed by atoms with van der Waals surface area (Å²) in [7, 11) is -1.28. The van der Waals surface area contributed by atoms with Crippen molar-refractivity contribution in [1.29, 1.82) is 0 Å². The number of carbonyl (C=O) groups is 1. The number of carbonyl (C=O) groups excluding carboxylic acids is 1. The highest BCUT2D eigenvalue weighted by atomic mass is 32.2. The maximum absolute atomic E-state index is 12.8. The van der Waals surface area contributed by atoms with Crippen molar-refractivity contribution in [3.63, 3.8) is 0 Å². The molecular weight excluding hydrogens is 338 g/mol. The van der Waals surface area contributed by atoms with E-state index in [0.717, 1.165) is 25.7 Å². The molecule has 0 aromatic carbocycles. The summed E-state index contributed by atoms with van der Waals surface area (Å²) >= 11 is 1.29. The van der Waals surface area contributed by atoms with Crippen LogP contribution in [0.15, 0.2) is 5.16 Å². The molecule has 0 unspecified atom stereocenters. The normalized spacial score (nSPS) is 24.1. The first-order chi connectivity index (χ1) is 11.0. The van der Waals surface area contributed by atoms with E-state index in [1.807, 2.05) is 4.90 Å². The van der Waals surface area contributed by atoms with E-state index < -0.39 is 9.84 Å². The fourth-order valence-electron chi connectivity index (χ4n) is 3.43. The van der Waals surface area contributed by atoms with Gasteiger partial charge in [-0.25, -0.2) is 13.1 Å². The summed E-state index contributed by atoms with van der Waals surface area (Å²) in [5.74, 6) is 0.522. The molecule has 2 heterocycles. The lowest BCUT2D eigenvalue weighted by atomic mass is 10.1. The standard InChI is InChI=1S/C13H21N5O3S2/c1-17-13(14-15-16-17)22-8-12(19)18(10-4-2-3-5-10)11-6-7-23(20,21)9-11/h10-11H,2-9H2,1H3/t11-/m1/s1. The number of hydrogen-bond acceptors (Lipinski definition) is 7. The third-order valence-electron chi connectivity index (χ3n) is 4.51. The van der Waals surface area contributed by atoms with Gasteiger partial charge in [-0.1, -0.05) is 24.6 Å². The lowest BCUT2D eigenvalue weighted by molar-refractivity contribution is -0.132. The number of amides is 1. The van der Waals surface area contributed by atoms with E-state index >= 15 is 0 Å².